The predicted molar refractivity (Wildman–Crippen MR) is 67.0 cm³/mol. The Morgan fingerprint density at radius 2 is 2.16 bits per heavy atom. The van der Waals surface area contributed by atoms with Crippen LogP contribution >= 0.6 is 0 Å². The summed E-state index contributed by atoms with van der Waals surface area (Å²) in [4.78, 5) is 22.7. The molecule has 7 heteroatoms. The van der Waals surface area contributed by atoms with Crippen LogP contribution in [0.1, 0.15) is 19.8 Å². The highest BCUT2D eigenvalue weighted by molar-refractivity contribution is 6.00. The van der Waals surface area contributed by atoms with E-state index >= 15 is 0 Å². The van der Waals surface area contributed by atoms with Crippen molar-refractivity contribution in [1.29, 1.82) is 0 Å². The number of hydrogen-bond acceptors (Lipinski definition) is 5. The SMILES string of the molecule is CCOC=CC(=O)NC(=O)NC1CC(O)C(CO)C1. The van der Waals surface area contributed by atoms with E-state index in [1.807, 2.05) is 0 Å². The molecule has 0 heterocycles. The largest absolute Gasteiger partial charge is 0.501 e. The van der Waals surface area contributed by atoms with Crippen molar-refractivity contribution in [2.75, 3.05) is 13.2 Å². The van der Waals surface area contributed by atoms with Crippen molar-refractivity contribution in [2.24, 2.45) is 5.92 Å². The number of amides is 3. The van der Waals surface area contributed by atoms with Gasteiger partial charge in [-0.3, -0.25) is 10.1 Å². The Kier molecular flexibility index (Phi) is 6.31. The quantitative estimate of drug-likeness (QED) is 0.398. The number of carbonyl (C=O) groups excluding carboxylic acids is 2. The van der Waals surface area contributed by atoms with Crippen LogP contribution in [0.15, 0.2) is 12.3 Å². The van der Waals surface area contributed by atoms with Crippen molar-refractivity contribution in [3.05, 3.63) is 12.3 Å². The number of carbonyl (C=O) groups is 2. The summed E-state index contributed by atoms with van der Waals surface area (Å²) in [5.74, 6) is -0.804. The summed E-state index contributed by atoms with van der Waals surface area (Å²) >= 11 is 0. The first-order chi connectivity index (χ1) is 9.06. The number of aliphatic hydroxyl groups is 2. The van der Waals surface area contributed by atoms with Gasteiger partial charge in [-0.1, -0.05) is 0 Å². The minimum Gasteiger partial charge on any atom is -0.501 e. The first kappa shape index (κ1) is 15.5. The topological polar surface area (TPSA) is 108 Å². The molecule has 1 rings (SSSR count). The molecule has 108 valence electrons. The maximum Gasteiger partial charge on any atom is 0.321 e. The third kappa shape index (κ3) is 5.27. The van der Waals surface area contributed by atoms with Gasteiger partial charge in [0.25, 0.3) is 5.91 Å². The molecule has 3 atom stereocenters. The number of urea groups is 1. The molecule has 0 spiro atoms. The van der Waals surface area contributed by atoms with E-state index in [4.69, 9.17) is 9.84 Å². The van der Waals surface area contributed by atoms with Crippen molar-refractivity contribution in [2.45, 2.75) is 31.9 Å². The van der Waals surface area contributed by atoms with Crippen LogP contribution in [0.2, 0.25) is 0 Å². The minimum absolute atomic E-state index is 0.114. The smallest absolute Gasteiger partial charge is 0.321 e. The van der Waals surface area contributed by atoms with Crippen molar-refractivity contribution < 1.29 is 24.5 Å². The molecule has 0 radical (unpaired) electrons. The zero-order valence-electron chi connectivity index (χ0n) is 10.8. The Morgan fingerprint density at radius 3 is 2.74 bits per heavy atom. The third-order valence-electron chi connectivity index (χ3n) is 2.95. The summed E-state index contributed by atoms with van der Waals surface area (Å²) < 4.78 is 4.83. The molecule has 0 aromatic rings. The normalized spacial score (nSPS) is 26.4. The molecule has 0 aromatic carbocycles. The second-order valence-electron chi connectivity index (χ2n) is 4.40. The Balaban J connectivity index is 2.30. The maximum atomic E-state index is 11.5. The highest BCUT2D eigenvalue weighted by atomic mass is 16.5. The van der Waals surface area contributed by atoms with Gasteiger partial charge in [-0.05, 0) is 19.8 Å². The standard InChI is InChI=1S/C12H20N2O5/c1-2-19-4-3-11(17)14-12(18)13-9-5-8(7-15)10(16)6-9/h3-4,8-10,15-16H,2,5-7H2,1H3,(H2,13,14,17,18). The molecule has 0 saturated heterocycles. The molecule has 0 bridgehead atoms. The lowest BCUT2D eigenvalue weighted by atomic mass is 10.1. The molecule has 19 heavy (non-hydrogen) atoms. The molecule has 3 amide bonds. The first-order valence-corrected chi connectivity index (χ1v) is 6.25. The van der Waals surface area contributed by atoms with Crippen LogP contribution in [0.3, 0.4) is 0 Å². The van der Waals surface area contributed by atoms with Gasteiger partial charge in [0, 0.05) is 24.6 Å². The van der Waals surface area contributed by atoms with E-state index in [9.17, 15) is 14.7 Å². The van der Waals surface area contributed by atoms with Gasteiger partial charge in [0.1, 0.15) is 0 Å². The Morgan fingerprint density at radius 1 is 1.42 bits per heavy atom. The zero-order valence-corrected chi connectivity index (χ0v) is 10.8. The summed E-state index contributed by atoms with van der Waals surface area (Å²) in [6.45, 7) is 2.10. The zero-order chi connectivity index (χ0) is 14.3. The number of rotatable bonds is 5. The van der Waals surface area contributed by atoms with E-state index in [0.29, 0.717) is 19.4 Å². The van der Waals surface area contributed by atoms with Crippen LogP contribution in [0.25, 0.3) is 0 Å². The van der Waals surface area contributed by atoms with Gasteiger partial charge in [-0.15, -0.1) is 0 Å². The van der Waals surface area contributed by atoms with Crippen LogP contribution in [0, 0.1) is 5.92 Å². The van der Waals surface area contributed by atoms with Gasteiger partial charge in [-0.2, -0.15) is 0 Å². The summed E-state index contributed by atoms with van der Waals surface area (Å²) in [5, 5.41) is 23.3. The second-order valence-corrected chi connectivity index (χ2v) is 4.40. The lowest BCUT2D eigenvalue weighted by Crippen LogP contribution is -2.43. The average molecular weight is 272 g/mol. The highest BCUT2D eigenvalue weighted by Gasteiger charge is 2.33. The second kappa shape index (κ2) is 7.75. The monoisotopic (exact) mass is 272 g/mol. The molecule has 7 nitrogen and oxygen atoms in total. The Bertz CT molecular complexity index is 345. The fourth-order valence-corrected chi connectivity index (χ4v) is 2.00. The molecule has 1 fully saturated rings. The van der Waals surface area contributed by atoms with Crippen LogP contribution in [0.4, 0.5) is 4.79 Å². The lowest BCUT2D eigenvalue weighted by molar-refractivity contribution is -0.115. The van der Waals surface area contributed by atoms with Crippen molar-refractivity contribution >= 4 is 11.9 Å². The first-order valence-electron chi connectivity index (χ1n) is 6.25. The average Bonchev–Trinajstić information content (AvgIpc) is 2.69. The Labute approximate surface area is 111 Å². The maximum absolute atomic E-state index is 11.5. The van der Waals surface area contributed by atoms with E-state index < -0.39 is 18.0 Å². The summed E-state index contributed by atoms with van der Waals surface area (Å²) in [6, 6.07) is -0.863. The fraction of sp³-hybridized carbons (Fsp3) is 0.667. The summed E-state index contributed by atoms with van der Waals surface area (Å²) in [6.07, 6.45) is 2.58. The van der Waals surface area contributed by atoms with Gasteiger partial charge in [-0.25, -0.2) is 4.79 Å². The predicted octanol–water partition coefficient (Wildman–Crippen LogP) is -0.506. The lowest BCUT2D eigenvalue weighted by Gasteiger charge is -2.11. The number of aliphatic hydroxyl groups excluding tert-OH is 2. The molecule has 4 N–H and O–H groups in total. The molecule has 3 unspecified atom stereocenters. The molecular weight excluding hydrogens is 252 g/mol. The van der Waals surface area contributed by atoms with Gasteiger partial charge < -0.3 is 20.3 Å². The fourth-order valence-electron chi connectivity index (χ4n) is 2.00. The summed E-state index contributed by atoms with van der Waals surface area (Å²) in [7, 11) is 0. The van der Waals surface area contributed by atoms with Crippen molar-refractivity contribution in [1.82, 2.24) is 10.6 Å². The van der Waals surface area contributed by atoms with Crippen LogP contribution in [-0.4, -0.2) is 47.5 Å². The molecular formula is C12H20N2O5. The molecule has 1 saturated carbocycles. The van der Waals surface area contributed by atoms with Gasteiger partial charge >= 0.3 is 6.03 Å². The Hall–Kier alpha value is -1.60. The van der Waals surface area contributed by atoms with E-state index in [-0.39, 0.29) is 18.6 Å². The molecule has 0 aliphatic heterocycles. The number of hydrogen-bond donors (Lipinski definition) is 4. The van der Waals surface area contributed by atoms with Gasteiger partial charge in [0.05, 0.1) is 19.0 Å². The number of nitrogens with one attached hydrogen (secondary N) is 2. The molecule has 1 aliphatic carbocycles. The van der Waals surface area contributed by atoms with Gasteiger partial charge in [0.2, 0.25) is 0 Å². The van der Waals surface area contributed by atoms with Crippen LogP contribution in [0.5, 0.6) is 0 Å². The van der Waals surface area contributed by atoms with E-state index in [1.165, 1.54) is 6.26 Å². The summed E-state index contributed by atoms with van der Waals surface area (Å²) in [5.41, 5.74) is 0. The third-order valence-corrected chi connectivity index (χ3v) is 2.95. The van der Waals surface area contributed by atoms with E-state index in [0.717, 1.165) is 6.08 Å². The number of imide groups is 1. The molecule has 1 aliphatic rings. The van der Waals surface area contributed by atoms with E-state index in [2.05, 4.69) is 10.6 Å². The number of ether oxygens (including phenoxy) is 1. The minimum atomic E-state index is -0.623. The van der Waals surface area contributed by atoms with Crippen molar-refractivity contribution in [3.63, 3.8) is 0 Å². The van der Waals surface area contributed by atoms with Gasteiger partial charge in [0.15, 0.2) is 0 Å². The van der Waals surface area contributed by atoms with Crippen molar-refractivity contribution in [3.8, 4) is 0 Å². The van der Waals surface area contributed by atoms with E-state index in [1.54, 1.807) is 6.92 Å². The highest BCUT2D eigenvalue weighted by Crippen LogP contribution is 2.25. The molecule has 0 aromatic heterocycles. The van der Waals surface area contributed by atoms with Crippen LogP contribution < -0.4 is 10.6 Å². The van der Waals surface area contributed by atoms with Crippen LogP contribution in [-0.2, 0) is 9.53 Å².